The number of carbonyl (C=O) groups is 1. The van der Waals surface area contributed by atoms with Crippen LogP contribution in [-0.4, -0.2) is 50.8 Å². The Bertz CT molecular complexity index is 966. The van der Waals surface area contributed by atoms with E-state index in [2.05, 4.69) is 34.1 Å². The third-order valence-corrected chi connectivity index (χ3v) is 5.33. The minimum absolute atomic E-state index is 0.202. The second-order valence-corrected chi connectivity index (χ2v) is 7.41. The Morgan fingerprint density at radius 2 is 2.03 bits per heavy atom. The summed E-state index contributed by atoms with van der Waals surface area (Å²) in [5, 5.41) is 14.5. The van der Waals surface area contributed by atoms with Gasteiger partial charge in [0.1, 0.15) is 11.6 Å². The van der Waals surface area contributed by atoms with Crippen molar-refractivity contribution in [2.45, 2.75) is 45.4 Å². The highest BCUT2D eigenvalue weighted by Crippen LogP contribution is 2.29. The average Bonchev–Trinajstić information content (AvgIpc) is 3.46. The summed E-state index contributed by atoms with van der Waals surface area (Å²) >= 11 is 0. The van der Waals surface area contributed by atoms with Crippen LogP contribution in [0.1, 0.15) is 61.4 Å². The highest BCUT2D eigenvalue weighted by molar-refractivity contribution is 6.03. The van der Waals surface area contributed by atoms with Gasteiger partial charge >= 0.3 is 0 Å². The Morgan fingerprint density at radius 1 is 1.27 bits per heavy atom. The van der Waals surface area contributed by atoms with Crippen LogP contribution >= 0.6 is 0 Å². The third-order valence-electron chi connectivity index (χ3n) is 5.33. The van der Waals surface area contributed by atoms with Gasteiger partial charge in [-0.1, -0.05) is 20.3 Å². The fraction of sp³-hybridized carbons (Fsp3) is 0.455. The Hall–Kier alpha value is -3.00. The molecule has 0 aromatic carbocycles. The predicted octanol–water partition coefficient (Wildman–Crippen LogP) is 3.49. The Morgan fingerprint density at radius 3 is 2.70 bits per heavy atom. The maximum atomic E-state index is 12.7. The summed E-state index contributed by atoms with van der Waals surface area (Å²) in [6.07, 6.45) is 9.62. The first kappa shape index (κ1) is 21.7. The molecule has 8 nitrogen and oxygen atoms in total. The number of fused-ring (bicyclic) bond motifs is 1. The van der Waals surface area contributed by atoms with Gasteiger partial charge in [-0.05, 0) is 37.3 Å². The summed E-state index contributed by atoms with van der Waals surface area (Å²) in [6, 6.07) is 5.43. The molecule has 0 aliphatic carbocycles. The van der Waals surface area contributed by atoms with Gasteiger partial charge in [0.2, 0.25) is 0 Å². The lowest BCUT2D eigenvalue weighted by Crippen LogP contribution is -2.21. The van der Waals surface area contributed by atoms with Crippen LogP contribution in [0, 0.1) is 0 Å². The molecule has 1 fully saturated rings. The number of anilines is 2. The van der Waals surface area contributed by atoms with Crippen molar-refractivity contribution in [3.8, 4) is 0 Å². The molecule has 2 N–H and O–H groups in total. The monoisotopic (exact) mass is 410 g/mol. The van der Waals surface area contributed by atoms with E-state index < -0.39 is 0 Å². The van der Waals surface area contributed by atoms with Crippen molar-refractivity contribution in [2.75, 3.05) is 30.4 Å². The summed E-state index contributed by atoms with van der Waals surface area (Å²) in [4.78, 5) is 23.9. The maximum Gasteiger partial charge on any atom is 0.258 e. The lowest BCUT2D eigenvalue weighted by atomic mass is 9.99. The molecule has 1 unspecified atom stereocenters. The molecule has 0 spiro atoms. The number of hydrogen-bond donors (Lipinski definition) is 2. The fourth-order valence-electron chi connectivity index (χ4n) is 3.79. The SMILES string of the molecule is CCCC(C)c1cnn2c(NC(=O)c3cccnc3)cc(N3CCCC3)nc12.CO. The topological polar surface area (TPSA) is 95.7 Å². The van der Waals surface area contributed by atoms with E-state index in [0.29, 0.717) is 17.3 Å². The number of aliphatic hydroxyl groups is 1. The van der Waals surface area contributed by atoms with Crippen molar-refractivity contribution >= 4 is 23.2 Å². The second-order valence-electron chi connectivity index (χ2n) is 7.41. The van der Waals surface area contributed by atoms with E-state index in [9.17, 15) is 4.79 Å². The Balaban J connectivity index is 0.00000124. The van der Waals surface area contributed by atoms with Crippen LogP contribution in [0.5, 0.6) is 0 Å². The number of rotatable bonds is 6. The lowest BCUT2D eigenvalue weighted by molar-refractivity contribution is 0.102. The summed E-state index contributed by atoms with van der Waals surface area (Å²) in [6.45, 7) is 6.38. The van der Waals surface area contributed by atoms with Crippen molar-refractivity contribution in [3.05, 3.63) is 47.9 Å². The van der Waals surface area contributed by atoms with Gasteiger partial charge in [-0.2, -0.15) is 9.61 Å². The van der Waals surface area contributed by atoms with Gasteiger partial charge in [0.15, 0.2) is 5.65 Å². The number of amides is 1. The molecule has 160 valence electrons. The number of pyridine rings is 1. The van der Waals surface area contributed by atoms with E-state index in [0.717, 1.165) is 50.1 Å². The van der Waals surface area contributed by atoms with Gasteiger partial charge in [0, 0.05) is 44.2 Å². The first-order valence-electron chi connectivity index (χ1n) is 10.5. The van der Waals surface area contributed by atoms with E-state index in [1.54, 1.807) is 29.0 Å². The Kier molecular flexibility index (Phi) is 7.35. The van der Waals surface area contributed by atoms with Gasteiger partial charge in [0.05, 0.1) is 11.8 Å². The molecular weight excluding hydrogens is 380 g/mol. The van der Waals surface area contributed by atoms with Crippen molar-refractivity contribution in [1.29, 1.82) is 0 Å². The first-order valence-corrected chi connectivity index (χ1v) is 10.5. The average molecular weight is 411 g/mol. The normalized spacial score (nSPS) is 14.3. The van der Waals surface area contributed by atoms with Gasteiger partial charge in [-0.15, -0.1) is 0 Å². The molecule has 1 aliphatic rings. The van der Waals surface area contributed by atoms with E-state index in [-0.39, 0.29) is 5.91 Å². The summed E-state index contributed by atoms with van der Waals surface area (Å²) in [5.41, 5.74) is 2.47. The Labute approximate surface area is 177 Å². The van der Waals surface area contributed by atoms with E-state index in [1.807, 2.05) is 12.3 Å². The number of carbonyl (C=O) groups excluding carboxylic acids is 1. The van der Waals surface area contributed by atoms with Crippen LogP contribution in [-0.2, 0) is 0 Å². The van der Waals surface area contributed by atoms with Crippen molar-refractivity contribution < 1.29 is 9.90 Å². The molecule has 1 aliphatic heterocycles. The van der Waals surface area contributed by atoms with Crippen molar-refractivity contribution in [1.82, 2.24) is 19.6 Å². The molecule has 4 heterocycles. The van der Waals surface area contributed by atoms with Crippen LogP contribution in [0.3, 0.4) is 0 Å². The summed E-state index contributed by atoms with van der Waals surface area (Å²) in [7, 11) is 1.00. The van der Waals surface area contributed by atoms with E-state index in [1.165, 1.54) is 12.8 Å². The first-order chi connectivity index (χ1) is 14.7. The number of hydrogen-bond acceptors (Lipinski definition) is 6. The zero-order valence-electron chi connectivity index (χ0n) is 17.9. The van der Waals surface area contributed by atoms with Crippen LogP contribution < -0.4 is 10.2 Å². The van der Waals surface area contributed by atoms with E-state index in [4.69, 9.17) is 10.1 Å². The zero-order chi connectivity index (χ0) is 21.5. The predicted molar refractivity (Wildman–Crippen MR) is 118 cm³/mol. The molecule has 0 radical (unpaired) electrons. The van der Waals surface area contributed by atoms with Crippen molar-refractivity contribution in [2.24, 2.45) is 0 Å². The lowest BCUT2D eigenvalue weighted by Gasteiger charge is -2.19. The van der Waals surface area contributed by atoms with Crippen LogP contribution in [0.4, 0.5) is 11.6 Å². The molecule has 1 atom stereocenters. The van der Waals surface area contributed by atoms with Gasteiger partial charge in [0.25, 0.3) is 5.91 Å². The minimum Gasteiger partial charge on any atom is -0.400 e. The van der Waals surface area contributed by atoms with Crippen molar-refractivity contribution in [3.63, 3.8) is 0 Å². The highest BCUT2D eigenvalue weighted by Gasteiger charge is 2.21. The highest BCUT2D eigenvalue weighted by atomic mass is 16.2. The molecule has 0 saturated carbocycles. The molecule has 30 heavy (non-hydrogen) atoms. The smallest absolute Gasteiger partial charge is 0.258 e. The molecule has 8 heteroatoms. The number of nitrogens with one attached hydrogen (secondary N) is 1. The van der Waals surface area contributed by atoms with Crippen LogP contribution in [0.2, 0.25) is 0 Å². The fourth-order valence-corrected chi connectivity index (χ4v) is 3.79. The second kappa shape index (κ2) is 10.2. The largest absolute Gasteiger partial charge is 0.400 e. The van der Waals surface area contributed by atoms with Crippen LogP contribution in [0.15, 0.2) is 36.8 Å². The summed E-state index contributed by atoms with van der Waals surface area (Å²) < 4.78 is 1.75. The van der Waals surface area contributed by atoms with Crippen LogP contribution in [0.25, 0.3) is 5.65 Å². The number of nitrogens with zero attached hydrogens (tertiary/aromatic N) is 5. The van der Waals surface area contributed by atoms with Gasteiger partial charge in [-0.25, -0.2) is 4.98 Å². The molecule has 1 amide bonds. The van der Waals surface area contributed by atoms with Gasteiger partial charge < -0.3 is 15.3 Å². The number of aromatic nitrogens is 4. The zero-order valence-corrected chi connectivity index (χ0v) is 17.9. The molecule has 4 rings (SSSR count). The minimum atomic E-state index is -0.202. The molecule has 3 aromatic heterocycles. The molecule has 3 aromatic rings. The third kappa shape index (κ3) is 4.59. The van der Waals surface area contributed by atoms with E-state index >= 15 is 0 Å². The summed E-state index contributed by atoms with van der Waals surface area (Å²) in [5.74, 6) is 1.70. The van der Waals surface area contributed by atoms with Gasteiger partial charge in [-0.3, -0.25) is 9.78 Å². The number of aliphatic hydroxyl groups excluding tert-OH is 1. The maximum absolute atomic E-state index is 12.7. The quantitative estimate of drug-likeness (QED) is 0.646. The molecular formula is C22H30N6O2. The molecule has 1 saturated heterocycles. The molecule has 0 bridgehead atoms. The standard InChI is InChI=1S/C21H26N6O.CH4O/c1-3-7-15(2)17-14-23-27-19(25-21(28)16-8-6-9-22-13-16)12-18(24-20(17)27)26-10-4-5-11-26;1-2/h6,8-9,12-15H,3-5,7,10-11H2,1-2H3,(H,25,28);2H,1H3.